The summed E-state index contributed by atoms with van der Waals surface area (Å²) in [6.07, 6.45) is 4.91. The number of unbranched alkanes of at least 4 members (excludes halogenated alkanes) is 1. The predicted octanol–water partition coefficient (Wildman–Crippen LogP) is 5.32. The van der Waals surface area contributed by atoms with E-state index in [0.717, 1.165) is 37.5 Å². The van der Waals surface area contributed by atoms with Gasteiger partial charge in [0.2, 0.25) is 12.3 Å². The van der Waals surface area contributed by atoms with E-state index in [-0.39, 0.29) is 31.7 Å². The van der Waals surface area contributed by atoms with Gasteiger partial charge in [0.05, 0.1) is 13.1 Å². The average molecular weight is 466 g/mol. The van der Waals surface area contributed by atoms with E-state index in [4.69, 9.17) is 5.21 Å². The van der Waals surface area contributed by atoms with Gasteiger partial charge in [-0.3, -0.25) is 19.6 Å². The van der Waals surface area contributed by atoms with E-state index in [1.165, 1.54) is 12.8 Å². The van der Waals surface area contributed by atoms with E-state index in [2.05, 4.69) is 58.7 Å². The van der Waals surface area contributed by atoms with Crippen LogP contribution in [0, 0.1) is 5.92 Å². The van der Waals surface area contributed by atoms with Gasteiger partial charge in [0.15, 0.2) is 5.78 Å². The van der Waals surface area contributed by atoms with Gasteiger partial charge >= 0.3 is 0 Å². The van der Waals surface area contributed by atoms with Gasteiger partial charge < -0.3 is 10.2 Å². The lowest BCUT2D eigenvalue weighted by molar-refractivity contribution is -0.150. The molecule has 0 aliphatic heterocycles. The smallest absolute Gasteiger partial charge is 0.233 e. The molecule has 0 atom stereocenters. The number of hydrogen-bond acceptors (Lipinski definition) is 5. The van der Waals surface area contributed by atoms with Gasteiger partial charge in [-0.15, -0.1) is 0 Å². The Kier molecular flexibility index (Phi) is 21.3. The molecule has 7 heteroatoms. The summed E-state index contributed by atoms with van der Waals surface area (Å²) in [5.74, 6) is 0.247. The Balaban J connectivity index is 0. The van der Waals surface area contributed by atoms with Crippen molar-refractivity contribution in [3.05, 3.63) is 29.8 Å². The van der Waals surface area contributed by atoms with E-state index < -0.39 is 5.91 Å². The number of hydrogen-bond donors (Lipinski definition) is 2. The number of carbonyl (C=O) groups is 3. The molecule has 0 aliphatic rings. The Morgan fingerprint density at radius 2 is 1.39 bits per heavy atom. The molecule has 1 rings (SSSR count). The lowest BCUT2D eigenvalue weighted by Crippen LogP contribution is -2.32. The summed E-state index contributed by atoms with van der Waals surface area (Å²) in [4.78, 5) is 36.2. The Hall–Kier alpha value is -2.41. The fourth-order valence-corrected chi connectivity index (χ4v) is 2.41. The molecule has 7 nitrogen and oxygen atoms in total. The number of benzene rings is 1. The van der Waals surface area contributed by atoms with Gasteiger partial charge in [-0.1, -0.05) is 61.3 Å². The first-order valence-corrected chi connectivity index (χ1v) is 12.2. The molecule has 0 aliphatic carbocycles. The van der Waals surface area contributed by atoms with Crippen LogP contribution in [0.4, 0.5) is 5.69 Å². The molecule has 0 saturated carbocycles. The van der Waals surface area contributed by atoms with E-state index in [1.54, 1.807) is 12.1 Å². The summed E-state index contributed by atoms with van der Waals surface area (Å²) in [6, 6.07) is 7.39. The summed E-state index contributed by atoms with van der Waals surface area (Å²) >= 11 is 0. The lowest BCUT2D eigenvalue weighted by Gasteiger charge is -2.23. The minimum absolute atomic E-state index is 0.0650. The van der Waals surface area contributed by atoms with Gasteiger partial charge in [0.25, 0.3) is 0 Å². The molecule has 1 aromatic carbocycles. The van der Waals surface area contributed by atoms with Crippen molar-refractivity contribution in [3.63, 3.8) is 0 Å². The summed E-state index contributed by atoms with van der Waals surface area (Å²) in [6.45, 7) is 16.9. The van der Waals surface area contributed by atoms with Crippen LogP contribution in [0.2, 0.25) is 0 Å². The van der Waals surface area contributed by atoms with Crippen LogP contribution < -0.4 is 10.2 Å². The number of ketones is 1. The first-order chi connectivity index (χ1) is 15.7. The molecular weight excluding hydrogens is 418 g/mol. The highest BCUT2D eigenvalue weighted by molar-refractivity contribution is 5.99. The van der Waals surface area contributed by atoms with E-state index in [9.17, 15) is 14.4 Å². The maximum Gasteiger partial charge on any atom is 0.233 e. The molecule has 2 N–H and O–H groups in total. The van der Waals surface area contributed by atoms with Crippen LogP contribution in [0.3, 0.4) is 0 Å². The Labute approximate surface area is 201 Å². The second kappa shape index (κ2) is 21.4. The van der Waals surface area contributed by atoms with Gasteiger partial charge in [-0.2, -0.15) is 0 Å². The molecule has 0 fully saturated rings. The standard InChI is InChI=1S/C18H27N3O4.2C4H10/c1-3-10-20(11-4-2)16-7-5-15(6-8-16)17(23)13-19-18(24)9-12-21(25)14-22;1-4(2)3;1-3-4-2/h5-8,14,25H,3-4,9-13H2,1-2H3,(H,19,24);4H,1-3H3;3-4H2,1-2H3. The zero-order valence-electron chi connectivity index (χ0n) is 21.9. The molecule has 0 saturated heterocycles. The van der Waals surface area contributed by atoms with Crippen LogP contribution in [0.15, 0.2) is 24.3 Å². The molecule has 0 aromatic heterocycles. The number of nitrogens with one attached hydrogen (secondary N) is 1. The van der Waals surface area contributed by atoms with Crippen molar-refractivity contribution in [1.29, 1.82) is 0 Å². The minimum atomic E-state index is -0.400. The Bertz CT molecular complexity index is 622. The van der Waals surface area contributed by atoms with Crippen molar-refractivity contribution in [1.82, 2.24) is 10.4 Å². The molecule has 0 radical (unpaired) electrons. The monoisotopic (exact) mass is 465 g/mol. The van der Waals surface area contributed by atoms with Crippen LogP contribution in [-0.4, -0.2) is 54.6 Å². The average Bonchev–Trinajstić information content (AvgIpc) is 2.80. The van der Waals surface area contributed by atoms with E-state index >= 15 is 0 Å². The highest BCUT2D eigenvalue weighted by atomic mass is 16.5. The van der Waals surface area contributed by atoms with Crippen molar-refractivity contribution in [3.8, 4) is 0 Å². The molecule has 190 valence electrons. The third kappa shape index (κ3) is 18.8. The quantitative estimate of drug-likeness (QED) is 0.178. The van der Waals surface area contributed by atoms with Gasteiger partial charge in [-0.25, -0.2) is 5.06 Å². The molecule has 0 unspecified atom stereocenters. The van der Waals surface area contributed by atoms with Crippen molar-refractivity contribution in [2.75, 3.05) is 31.1 Å². The van der Waals surface area contributed by atoms with Crippen LogP contribution in [0.5, 0.6) is 0 Å². The number of carbonyl (C=O) groups excluding carboxylic acids is 3. The number of Topliss-reactive ketones (excluding diaryl/α,β-unsaturated/α-hetero) is 1. The Morgan fingerprint density at radius 1 is 0.909 bits per heavy atom. The lowest BCUT2D eigenvalue weighted by atomic mass is 10.1. The second-order valence-electron chi connectivity index (χ2n) is 8.48. The van der Waals surface area contributed by atoms with Gasteiger partial charge in [0.1, 0.15) is 0 Å². The third-order valence-corrected chi connectivity index (χ3v) is 4.18. The number of anilines is 1. The van der Waals surface area contributed by atoms with E-state index in [1.807, 2.05) is 12.1 Å². The number of rotatable bonds is 13. The Morgan fingerprint density at radius 3 is 1.79 bits per heavy atom. The SMILES string of the molecule is CC(C)C.CCCC.CCCN(CCC)c1ccc(C(=O)CNC(=O)CCN(O)C=O)cc1. The zero-order valence-corrected chi connectivity index (χ0v) is 21.9. The van der Waals surface area contributed by atoms with Gasteiger partial charge in [0, 0.05) is 30.8 Å². The second-order valence-corrected chi connectivity index (χ2v) is 8.48. The topological polar surface area (TPSA) is 90.0 Å². The van der Waals surface area contributed by atoms with Gasteiger partial charge in [-0.05, 0) is 43.0 Å². The summed E-state index contributed by atoms with van der Waals surface area (Å²) < 4.78 is 0. The molecule has 2 amide bonds. The maximum absolute atomic E-state index is 12.1. The molecule has 0 heterocycles. The number of amides is 2. The van der Waals surface area contributed by atoms with Crippen molar-refractivity contribution in [2.45, 2.75) is 80.6 Å². The van der Waals surface area contributed by atoms with Crippen molar-refractivity contribution in [2.24, 2.45) is 5.92 Å². The van der Waals surface area contributed by atoms with E-state index in [0.29, 0.717) is 10.6 Å². The molecular formula is C26H47N3O4. The zero-order chi connectivity index (χ0) is 25.6. The molecule has 0 spiro atoms. The van der Waals surface area contributed by atoms with Crippen molar-refractivity contribution >= 4 is 23.8 Å². The summed E-state index contributed by atoms with van der Waals surface area (Å²) in [5.41, 5.74) is 1.62. The van der Waals surface area contributed by atoms with Crippen LogP contribution in [-0.2, 0) is 9.59 Å². The normalized spacial score (nSPS) is 9.73. The summed E-state index contributed by atoms with van der Waals surface area (Å²) in [5, 5.41) is 11.8. The third-order valence-electron chi connectivity index (χ3n) is 4.18. The number of nitrogens with zero attached hydrogens (tertiary/aromatic N) is 2. The largest absolute Gasteiger partial charge is 0.372 e. The fraction of sp³-hybridized carbons (Fsp3) is 0.654. The fourth-order valence-electron chi connectivity index (χ4n) is 2.41. The highest BCUT2D eigenvalue weighted by Gasteiger charge is 2.10. The first-order valence-electron chi connectivity index (χ1n) is 12.2. The predicted molar refractivity (Wildman–Crippen MR) is 137 cm³/mol. The molecule has 1 aromatic rings. The van der Waals surface area contributed by atoms with Crippen LogP contribution in [0.1, 0.15) is 90.9 Å². The number of hydroxylamine groups is 2. The minimum Gasteiger partial charge on any atom is -0.372 e. The molecule has 33 heavy (non-hydrogen) atoms. The van der Waals surface area contributed by atoms with Crippen LogP contribution >= 0.6 is 0 Å². The van der Waals surface area contributed by atoms with Crippen molar-refractivity contribution < 1.29 is 19.6 Å². The first kappa shape index (κ1) is 32.8. The summed E-state index contributed by atoms with van der Waals surface area (Å²) in [7, 11) is 0. The van der Waals surface area contributed by atoms with Crippen LogP contribution in [0.25, 0.3) is 0 Å². The maximum atomic E-state index is 12.1. The molecule has 0 bridgehead atoms. The highest BCUT2D eigenvalue weighted by Crippen LogP contribution is 2.16.